The fourth-order valence-electron chi connectivity index (χ4n) is 1.41. The molecule has 0 aromatic carbocycles. The van der Waals surface area contributed by atoms with Crippen LogP contribution in [0.2, 0.25) is 0 Å². The van der Waals surface area contributed by atoms with E-state index < -0.39 is 5.97 Å². The molecule has 1 unspecified atom stereocenters. The van der Waals surface area contributed by atoms with E-state index in [1.165, 1.54) is 0 Å². The summed E-state index contributed by atoms with van der Waals surface area (Å²) in [4.78, 5) is 12.4. The highest BCUT2D eigenvalue weighted by molar-refractivity contribution is 5.69. The molecule has 78 valence electrons. The Morgan fingerprint density at radius 3 is 2.86 bits per heavy atom. The van der Waals surface area contributed by atoms with E-state index >= 15 is 0 Å². The van der Waals surface area contributed by atoms with Crippen molar-refractivity contribution in [3.05, 3.63) is 24.2 Å². The van der Waals surface area contributed by atoms with Gasteiger partial charge in [-0.05, 0) is 25.6 Å². The van der Waals surface area contributed by atoms with Gasteiger partial charge in [0.2, 0.25) is 0 Å². The highest BCUT2D eigenvalue weighted by Crippen LogP contribution is 2.19. The first kappa shape index (κ1) is 10.8. The first-order chi connectivity index (χ1) is 6.65. The summed E-state index contributed by atoms with van der Waals surface area (Å²) in [6.45, 7) is 4.60. The van der Waals surface area contributed by atoms with E-state index in [2.05, 4.69) is 0 Å². The Bertz CT molecular complexity index is 282. The van der Waals surface area contributed by atoms with Gasteiger partial charge in [0.05, 0.1) is 18.8 Å². The highest BCUT2D eigenvalue weighted by Gasteiger charge is 2.18. The van der Waals surface area contributed by atoms with E-state index in [0.29, 0.717) is 6.54 Å². The minimum atomic E-state index is -0.815. The Labute approximate surface area is 83.1 Å². The number of nitrogens with zero attached hydrogens (tertiary/aromatic N) is 1. The number of carbonyl (C=O) groups is 1. The van der Waals surface area contributed by atoms with Gasteiger partial charge in [0.25, 0.3) is 0 Å². The zero-order chi connectivity index (χ0) is 10.6. The lowest BCUT2D eigenvalue weighted by molar-refractivity contribution is -0.138. The fourth-order valence-corrected chi connectivity index (χ4v) is 1.41. The molecule has 1 N–H and O–H groups in total. The number of rotatable bonds is 5. The molecule has 4 heteroatoms. The predicted molar refractivity (Wildman–Crippen MR) is 52.0 cm³/mol. The van der Waals surface area contributed by atoms with Crippen LogP contribution in [-0.2, 0) is 4.79 Å². The van der Waals surface area contributed by atoms with Crippen LogP contribution in [0.15, 0.2) is 22.8 Å². The van der Waals surface area contributed by atoms with E-state index in [1.54, 1.807) is 12.3 Å². The van der Waals surface area contributed by atoms with Crippen molar-refractivity contribution < 1.29 is 14.3 Å². The number of carboxylic acids is 1. The summed E-state index contributed by atoms with van der Waals surface area (Å²) in [7, 11) is 0. The minimum Gasteiger partial charge on any atom is -0.480 e. The summed E-state index contributed by atoms with van der Waals surface area (Å²) in [5.74, 6) is -0.0154. The van der Waals surface area contributed by atoms with Crippen molar-refractivity contribution in [1.82, 2.24) is 4.90 Å². The molecule has 0 saturated heterocycles. The smallest absolute Gasteiger partial charge is 0.317 e. The zero-order valence-corrected chi connectivity index (χ0v) is 8.43. The van der Waals surface area contributed by atoms with Crippen LogP contribution in [0.3, 0.4) is 0 Å². The standard InChI is InChI=1S/C10H15NO3/c1-3-11(7-10(12)13)8(2)9-5-4-6-14-9/h4-6,8H,3,7H2,1-2H3,(H,12,13). The minimum absolute atomic E-state index is 0.00565. The number of furan rings is 1. The lowest BCUT2D eigenvalue weighted by Gasteiger charge is -2.24. The average Bonchev–Trinajstić information content (AvgIpc) is 2.65. The van der Waals surface area contributed by atoms with Crippen LogP contribution in [0, 0.1) is 0 Å². The molecule has 0 saturated carbocycles. The van der Waals surface area contributed by atoms with Crippen molar-refractivity contribution >= 4 is 5.97 Å². The maximum atomic E-state index is 10.6. The lowest BCUT2D eigenvalue weighted by atomic mass is 10.2. The van der Waals surface area contributed by atoms with Gasteiger partial charge < -0.3 is 9.52 Å². The van der Waals surface area contributed by atoms with Crippen molar-refractivity contribution in [2.75, 3.05) is 13.1 Å². The summed E-state index contributed by atoms with van der Waals surface area (Å²) < 4.78 is 5.23. The van der Waals surface area contributed by atoms with Crippen LogP contribution in [0.25, 0.3) is 0 Å². The van der Waals surface area contributed by atoms with Crippen LogP contribution >= 0.6 is 0 Å². The van der Waals surface area contributed by atoms with Gasteiger partial charge in [-0.25, -0.2) is 0 Å². The number of likely N-dealkylation sites (N-methyl/N-ethyl adjacent to an activating group) is 1. The van der Waals surface area contributed by atoms with Crippen molar-refractivity contribution in [3.8, 4) is 0 Å². The summed E-state index contributed by atoms with van der Waals surface area (Å²) in [6, 6.07) is 3.67. The van der Waals surface area contributed by atoms with Crippen LogP contribution in [0.1, 0.15) is 25.6 Å². The van der Waals surface area contributed by atoms with E-state index in [-0.39, 0.29) is 12.6 Å². The Kier molecular flexibility index (Phi) is 3.71. The third-order valence-corrected chi connectivity index (χ3v) is 2.25. The van der Waals surface area contributed by atoms with E-state index in [9.17, 15) is 4.79 Å². The van der Waals surface area contributed by atoms with E-state index in [4.69, 9.17) is 9.52 Å². The molecule has 14 heavy (non-hydrogen) atoms. The van der Waals surface area contributed by atoms with E-state index in [1.807, 2.05) is 24.8 Å². The first-order valence-electron chi connectivity index (χ1n) is 4.64. The third-order valence-electron chi connectivity index (χ3n) is 2.25. The molecule has 1 aromatic heterocycles. The molecule has 0 fully saturated rings. The number of hydrogen-bond acceptors (Lipinski definition) is 3. The van der Waals surface area contributed by atoms with Gasteiger partial charge in [0.15, 0.2) is 0 Å². The highest BCUT2D eigenvalue weighted by atomic mass is 16.4. The third kappa shape index (κ3) is 2.60. The molecule has 1 heterocycles. The van der Waals surface area contributed by atoms with Crippen LogP contribution in [0.5, 0.6) is 0 Å². The maximum absolute atomic E-state index is 10.6. The Morgan fingerprint density at radius 1 is 1.71 bits per heavy atom. The number of aliphatic carboxylic acids is 1. The van der Waals surface area contributed by atoms with Crippen molar-refractivity contribution in [3.63, 3.8) is 0 Å². The van der Waals surface area contributed by atoms with Crippen molar-refractivity contribution in [2.24, 2.45) is 0 Å². The van der Waals surface area contributed by atoms with Crippen molar-refractivity contribution in [2.45, 2.75) is 19.9 Å². The van der Waals surface area contributed by atoms with Crippen LogP contribution in [0.4, 0.5) is 0 Å². The summed E-state index contributed by atoms with van der Waals surface area (Å²) in [5.41, 5.74) is 0. The maximum Gasteiger partial charge on any atom is 0.317 e. The summed E-state index contributed by atoms with van der Waals surface area (Å²) >= 11 is 0. The quantitative estimate of drug-likeness (QED) is 0.781. The predicted octanol–water partition coefficient (Wildman–Crippen LogP) is 1.75. The van der Waals surface area contributed by atoms with Gasteiger partial charge in [-0.15, -0.1) is 0 Å². The van der Waals surface area contributed by atoms with Gasteiger partial charge in [-0.1, -0.05) is 6.92 Å². The van der Waals surface area contributed by atoms with Crippen molar-refractivity contribution in [1.29, 1.82) is 0 Å². The number of hydrogen-bond donors (Lipinski definition) is 1. The summed E-state index contributed by atoms with van der Waals surface area (Å²) in [6.07, 6.45) is 1.60. The monoisotopic (exact) mass is 197 g/mol. The topological polar surface area (TPSA) is 53.7 Å². The van der Waals surface area contributed by atoms with Gasteiger partial charge in [0, 0.05) is 0 Å². The molecular formula is C10H15NO3. The van der Waals surface area contributed by atoms with Crippen LogP contribution < -0.4 is 0 Å². The molecule has 1 rings (SSSR count). The Balaban J connectivity index is 2.65. The second-order valence-corrected chi connectivity index (χ2v) is 3.15. The molecule has 1 aromatic rings. The molecular weight excluding hydrogens is 182 g/mol. The molecule has 0 aliphatic heterocycles. The molecule has 0 bridgehead atoms. The first-order valence-corrected chi connectivity index (χ1v) is 4.64. The van der Waals surface area contributed by atoms with Gasteiger partial charge in [-0.2, -0.15) is 0 Å². The SMILES string of the molecule is CCN(CC(=O)O)C(C)c1ccco1. The molecule has 0 amide bonds. The lowest BCUT2D eigenvalue weighted by Crippen LogP contribution is -2.31. The van der Waals surface area contributed by atoms with Crippen LogP contribution in [-0.4, -0.2) is 29.1 Å². The Hall–Kier alpha value is -1.29. The van der Waals surface area contributed by atoms with Gasteiger partial charge >= 0.3 is 5.97 Å². The Morgan fingerprint density at radius 2 is 2.43 bits per heavy atom. The molecule has 1 atom stereocenters. The second-order valence-electron chi connectivity index (χ2n) is 3.15. The second kappa shape index (κ2) is 4.81. The van der Waals surface area contributed by atoms with Gasteiger partial charge in [0.1, 0.15) is 5.76 Å². The van der Waals surface area contributed by atoms with Gasteiger partial charge in [-0.3, -0.25) is 9.69 Å². The molecule has 4 nitrogen and oxygen atoms in total. The molecule has 0 radical (unpaired) electrons. The molecule has 0 aliphatic carbocycles. The van der Waals surface area contributed by atoms with E-state index in [0.717, 1.165) is 5.76 Å². The molecule has 0 spiro atoms. The summed E-state index contributed by atoms with van der Waals surface area (Å²) in [5, 5.41) is 8.69. The normalized spacial score (nSPS) is 13.1. The largest absolute Gasteiger partial charge is 0.480 e. The molecule has 0 aliphatic rings. The zero-order valence-electron chi connectivity index (χ0n) is 8.43. The number of carboxylic acid groups (broad SMARTS) is 1. The fraction of sp³-hybridized carbons (Fsp3) is 0.500. The average molecular weight is 197 g/mol.